The van der Waals surface area contributed by atoms with E-state index in [4.69, 9.17) is 0 Å². The van der Waals surface area contributed by atoms with Crippen LogP contribution in [0.15, 0.2) is 0 Å². The van der Waals surface area contributed by atoms with E-state index in [1.807, 2.05) is 20.8 Å². The van der Waals surface area contributed by atoms with E-state index >= 15 is 0 Å². The van der Waals surface area contributed by atoms with Gasteiger partial charge < -0.3 is 20.3 Å². The molecule has 1 aliphatic rings. The van der Waals surface area contributed by atoms with Gasteiger partial charge in [-0.3, -0.25) is 0 Å². The average Bonchev–Trinajstić information content (AvgIpc) is 2.81. The van der Waals surface area contributed by atoms with Gasteiger partial charge in [-0.05, 0) is 32.1 Å². The third-order valence-electron chi connectivity index (χ3n) is 3.95. The van der Waals surface area contributed by atoms with E-state index in [1.165, 1.54) is 0 Å². The average molecular weight is 295 g/mol. The van der Waals surface area contributed by atoms with E-state index < -0.39 is 0 Å². The Bertz CT molecular complexity index is 486. The second-order valence-corrected chi connectivity index (χ2v) is 5.95. The fourth-order valence-corrected chi connectivity index (χ4v) is 2.53. The summed E-state index contributed by atoms with van der Waals surface area (Å²) in [5.74, 6) is 1.92. The van der Waals surface area contributed by atoms with E-state index in [9.17, 15) is 9.90 Å². The number of aryl methyl sites for hydroxylation is 1. The van der Waals surface area contributed by atoms with Gasteiger partial charge in [0.2, 0.25) is 0 Å². The number of carbonyl (C=O) groups excluding carboxylic acids is 1. The molecule has 0 radical (unpaired) electrons. The van der Waals surface area contributed by atoms with Gasteiger partial charge in [0.05, 0.1) is 12.1 Å². The molecule has 2 atom stereocenters. The van der Waals surface area contributed by atoms with Crippen molar-refractivity contribution in [2.75, 3.05) is 6.54 Å². The van der Waals surface area contributed by atoms with Gasteiger partial charge in [-0.15, -0.1) is 10.2 Å². The maximum Gasteiger partial charge on any atom is 0.315 e. The van der Waals surface area contributed by atoms with Crippen LogP contribution in [0.5, 0.6) is 0 Å². The fraction of sp³-hybridized carbons (Fsp3) is 0.786. The summed E-state index contributed by atoms with van der Waals surface area (Å²) >= 11 is 0. The van der Waals surface area contributed by atoms with Gasteiger partial charge in [-0.25, -0.2) is 4.79 Å². The minimum atomic E-state index is -0.384. The second-order valence-electron chi connectivity index (χ2n) is 5.95. The molecule has 2 unspecified atom stereocenters. The summed E-state index contributed by atoms with van der Waals surface area (Å²) < 4.78 is 2.05. The highest BCUT2D eigenvalue weighted by molar-refractivity contribution is 5.74. The summed E-state index contributed by atoms with van der Waals surface area (Å²) in [6.07, 6.45) is 2.06. The van der Waals surface area contributed by atoms with Crippen molar-refractivity contribution >= 4 is 6.03 Å². The molecule has 0 spiro atoms. The monoisotopic (exact) mass is 295 g/mol. The van der Waals surface area contributed by atoms with Crippen molar-refractivity contribution in [2.24, 2.45) is 5.92 Å². The number of carbonyl (C=O) groups is 1. The molecule has 1 aromatic rings. The number of hydrogen-bond donors (Lipinski definition) is 3. The Balaban J connectivity index is 1.81. The molecule has 7 nitrogen and oxygen atoms in total. The highest BCUT2D eigenvalue weighted by Gasteiger charge is 2.25. The van der Waals surface area contributed by atoms with Gasteiger partial charge in [-0.1, -0.05) is 13.8 Å². The topological polar surface area (TPSA) is 92.1 Å². The Morgan fingerprint density at radius 1 is 1.48 bits per heavy atom. The van der Waals surface area contributed by atoms with Crippen molar-refractivity contribution in [2.45, 2.75) is 58.7 Å². The lowest BCUT2D eigenvalue weighted by molar-refractivity contribution is 0.116. The summed E-state index contributed by atoms with van der Waals surface area (Å²) in [7, 11) is 0. The van der Waals surface area contributed by atoms with E-state index in [-0.39, 0.29) is 24.1 Å². The van der Waals surface area contributed by atoms with Crippen molar-refractivity contribution in [3.63, 3.8) is 0 Å². The number of fused-ring (bicyclic) bond motifs is 1. The zero-order valence-electron chi connectivity index (χ0n) is 13.0. The Labute approximate surface area is 125 Å². The number of aromatic nitrogens is 3. The molecule has 1 aliphatic heterocycles. The zero-order chi connectivity index (χ0) is 15.4. The van der Waals surface area contributed by atoms with Gasteiger partial charge in [0, 0.05) is 13.1 Å². The molecule has 3 N–H and O–H groups in total. The molecule has 7 heteroatoms. The number of nitrogens with zero attached hydrogens (tertiary/aromatic N) is 3. The van der Waals surface area contributed by atoms with Crippen LogP contribution >= 0.6 is 0 Å². The van der Waals surface area contributed by atoms with Crippen LogP contribution in [0, 0.1) is 12.8 Å². The molecule has 0 fully saturated rings. The second kappa shape index (κ2) is 6.89. The summed E-state index contributed by atoms with van der Waals surface area (Å²) in [5, 5.41) is 23.6. The first-order valence-corrected chi connectivity index (χ1v) is 7.61. The normalized spacial score (nSPS) is 19.2. The van der Waals surface area contributed by atoms with Crippen molar-refractivity contribution in [1.82, 2.24) is 25.4 Å². The highest BCUT2D eigenvalue weighted by Crippen LogP contribution is 2.23. The van der Waals surface area contributed by atoms with Crippen LogP contribution in [0.1, 0.15) is 50.8 Å². The van der Waals surface area contributed by atoms with Crippen LogP contribution < -0.4 is 10.6 Å². The lowest BCUT2D eigenvalue weighted by Gasteiger charge is -2.24. The smallest absolute Gasteiger partial charge is 0.315 e. The molecule has 2 amide bonds. The number of aliphatic hydroxyl groups excluding tert-OH is 1. The maximum absolute atomic E-state index is 11.9. The first-order chi connectivity index (χ1) is 9.99. The molecule has 1 aromatic heterocycles. The fourth-order valence-electron chi connectivity index (χ4n) is 2.53. The molecule has 0 saturated heterocycles. The zero-order valence-corrected chi connectivity index (χ0v) is 13.0. The third-order valence-corrected chi connectivity index (χ3v) is 3.95. The molecule has 21 heavy (non-hydrogen) atoms. The number of rotatable bonds is 5. The molecular weight excluding hydrogens is 270 g/mol. The van der Waals surface area contributed by atoms with Gasteiger partial charge >= 0.3 is 6.03 Å². The lowest BCUT2D eigenvalue weighted by Crippen LogP contribution is -2.41. The Hall–Kier alpha value is -1.63. The van der Waals surface area contributed by atoms with Gasteiger partial charge in [0.25, 0.3) is 0 Å². The van der Waals surface area contributed by atoms with E-state index in [0.29, 0.717) is 13.0 Å². The SMILES string of the molecule is Cc1nnc2n1CCCC2NC(=O)NCCC(O)C(C)C. The number of aliphatic hydroxyl groups is 1. The van der Waals surface area contributed by atoms with Crippen LogP contribution in [0.4, 0.5) is 4.79 Å². The molecule has 2 rings (SSSR count). The van der Waals surface area contributed by atoms with Crippen LogP contribution in [0.25, 0.3) is 0 Å². The maximum atomic E-state index is 11.9. The van der Waals surface area contributed by atoms with Crippen LogP contribution in [-0.4, -0.2) is 38.6 Å². The number of urea groups is 1. The highest BCUT2D eigenvalue weighted by atomic mass is 16.3. The summed E-state index contributed by atoms with van der Waals surface area (Å²) in [5.41, 5.74) is 0. The van der Waals surface area contributed by atoms with Gasteiger partial charge in [0.15, 0.2) is 5.82 Å². The minimum Gasteiger partial charge on any atom is -0.393 e. The summed E-state index contributed by atoms with van der Waals surface area (Å²) in [6, 6.07) is -0.306. The van der Waals surface area contributed by atoms with Crippen LogP contribution in [0.2, 0.25) is 0 Å². The van der Waals surface area contributed by atoms with Gasteiger partial charge in [0.1, 0.15) is 5.82 Å². The molecule has 0 saturated carbocycles. The number of amides is 2. The van der Waals surface area contributed by atoms with Crippen molar-refractivity contribution < 1.29 is 9.90 Å². The Kier molecular flexibility index (Phi) is 5.17. The van der Waals surface area contributed by atoms with Crippen molar-refractivity contribution in [3.05, 3.63) is 11.6 Å². The van der Waals surface area contributed by atoms with E-state index in [0.717, 1.165) is 31.0 Å². The third kappa shape index (κ3) is 3.93. The first-order valence-electron chi connectivity index (χ1n) is 7.61. The first kappa shape index (κ1) is 15.8. The standard InChI is InChI=1S/C14H25N5O2/c1-9(2)12(20)6-7-15-14(21)16-11-5-4-8-19-10(3)17-18-13(11)19/h9,11-12,20H,4-8H2,1-3H3,(H2,15,16,21). The van der Waals surface area contributed by atoms with Gasteiger partial charge in [-0.2, -0.15) is 0 Å². The van der Waals surface area contributed by atoms with Crippen molar-refractivity contribution in [3.8, 4) is 0 Å². The molecule has 0 aromatic carbocycles. The minimum absolute atomic E-state index is 0.0880. The predicted molar refractivity (Wildman–Crippen MR) is 78.7 cm³/mol. The Morgan fingerprint density at radius 2 is 2.24 bits per heavy atom. The quantitative estimate of drug-likeness (QED) is 0.759. The molecule has 118 valence electrons. The lowest BCUT2D eigenvalue weighted by atomic mass is 10.0. The van der Waals surface area contributed by atoms with E-state index in [2.05, 4.69) is 25.4 Å². The molecule has 0 aliphatic carbocycles. The van der Waals surface area contributed by atoms with Crippen LogP contribution in [0.3, 0.4) is 0 Å². The largest absolute Gasteiger partial charge is 0.393 e. The number of hydrogen-bond acceptors (Lipinski definition) is 4. The van der Waals surface area contributed by atoms with E-state index in [1.54, 1.807) is 0 Å². The molecule has 2 heterocycles. The molecular formula is C14H25N5O2. The Morgan fingerprint density at radius 3 is 2.95 bits per heavy atom. The van der Waals surface area contributed by atoms with Crippen LogP contribution in [-0.2, 0) is 6.54 Å². The predicted octanol–water partition coefficient (Wildman–Crippen LogP) is 1.13. The summed E-state index contributed by atoms with van der Waals surface area (Å²) in [4.78, 5) is 11.9. The number of nitrogens with one attached hydrogen (secondary N) is 2. The summed E-state index contributed by atoms with van der Waals surface area (Å²) in [6.45, 7) is 7.22. The molecule has 0 bridgehead atoms. The van der Waals surface area contributed by atoms with Crippen molar-refractivity contribution in [1.29, 1.82) is 0 Å².